The zero-order valence-corrected chi connectivity index (χ0v) is 10.4. The van der Waals surface area contributed by atoms with Crippen molar-refractivity contribution in [2.24, 2.45) is 0 Å². The normalized spacial score (nSPS) is 18.8. The summed E-state index contributed by atoms with van der Waals surface area (Å²) in [6, 6.07) is 9.79. The molecular weight excluding hydrogens is 232 g/mol. The Kier molecular flexibility index (Phi) is 4.06. The van der Waals surface area contributed by atoms with Crippen LogP contribution in [0.25, 0.3) is 5.57 Å². The van der Waals surface area contributed by atoms with Crippen molar-refractivity contribution in [1.82, 2.24) is 5.32 Å². The molecule has 0 amide bonds. The molecule has 0 aliphatic carbocycles. The third-order valence-corrected chi connectivity index (χ3v) is 3.20. The standard InChI is InChI=1S/C14H15ClN2/c15-12-6-4-5-11(9-12)13(10-16)14-7-2-1-3-8-17-14/h4-6,9,17H,1-3,7-8H2. The van der Waals surface area contributed by atoms with E-state index in [9.17, 15) is 5.26 Å². The van der Waals surface area contributed by atoms with Gasteiger partial charge in [0.05, 0.1) is 5.57 Å². The van der Waals surface area contributed by atoms with Crippen LogP contribution >= 0.6 is 11.6 Å². The van der Waals surface area contributed by atoms with Crippen molar-refractivity contribution in [3.8, 4) is 6.07 Å². The Morgan fingerprint density at radius 3 is 2.94 bits per heavy atom. The molecule has 1 aromatic carbocycles. The second-order valence-corrected chi connectivity index (χ2v) is 4.65. The molecule has 0 bridgehead atoms. The molecule has 1 aliphatic rings. The monoisotopic (exact) mass is 246 g/mol. The van der Waals surface area contributed by atoms with Gasteiger partial charge in [0, 0.05) is 17.3 Å². The van der Waals surface area contributed by atoms with Crippen LogP contribution in [0.15, 0.2) is 30.0 Å². The topological polar surface area (TPSA) is 35.8 Å². The summed E-state index contributed by atoms with van der Waals surface area (Å²) in [5.74, 6) is 0. The first-order valence-electron chi connectivity index (χ1n) is 5.94. The molecule has 1 N–H and O–H groups in total. The lowest BCUT2D eigenvalue weighted by Crippen LogP contribution is -2.13. The second kappa shape index (κ2) is 5.75. The van der Waals surface area contributed by atoms with Crippen molar-refractivity contribution >= 4 is 17.2 Å². The Labute approximate surface area is 107 Å². The quantitative estimate of drug-likeness (QED) is 0.767. The molecule has 1 saturated heterocycles. The molecule has 17 heavy (non-hydrogen) atoms. The lowest BCUT2D eigenvalue weighted by molar-refractivity contribution is 0.721. The van der Waals surface area contributed by atoms with E-state index in [-0.39, 0.29) is 0 Å². The first-order chi connectivity index (χ1) is 8.31. The van der Waals surface area contributed by atoms with E-state index >= 15 is 0 Å². The summed E-state index contributed by atoms with van der Waals surface area (Å²) in [5.41, 5.74) is 2.70. The van der Waals surface area contributed by atoms with Gasteiger partial charge in [0.1, 0.15) is 6.07 Å². The van der Waals surface area contributed by atoms with Crippen molar-refractivity contribution in [2.75, 3.05) is 6.54 Å². The van der Waals surface area contributed by atoms with Crippen molar-refractivity contribution in [3.05, 3.63) is 40.5 Å². The molecule has 0 aromatic heterocycles. The number of benzene rings is 1. The summed E-state index contributed by atoms with van der Waals surface area (Å²) in [5, 5.41) is 13.4. The SMILES string of the molecule is N#CC(=C1CCCCCN1)c1cccc(Cl)c1. The van der Waals surface area contributed by atoms with Gasteiger partial charge in [-0.1, -0.05) is 30.2 Å². The van der Waals surface area contributed by atoms with E-state index in [4.69, 9.17) is 11.6 Å². The second-order valence-electron chi connectivity index (χ2n) is 4.21. The number of nitriles is 1. The van der Waals surface area contributed by atoms with E-state index in [0.29, 0.717) is 5.02 Å². The van der Waals surface area contributed by atoms with Gasteiger partial charge in [-0.2, -0.15) is 5.26 Å². The van der Waals surface area contributed by atoms with E-state index in [2.05, 4.69) is 11.4 Å². The molecule has 2 nitrogen and oxygen atoms in total. The van der Waals surface area contributed by atoms with Crippen LogP contribution in [-0.4, -0.2) is 6.54 Å². The van der Waals surface area contributed by atoms with Gasteiger partial charge in [-0.3, -0.25) is 0 Å². The fourth-order valence-corrected chi connectivity index (χ4v) is 2.29. The largest absolute Gasteiger partial charge is 0.387 e. The number of allylic oxidation sites excluding steroid dienone is 2. The number of nitrogens with one attached hydrogen (secondary N) is 1. The van der Waals surface area contributed by atoms with Crippen LogP contribution in [0.5, 0.6) is 0 Å². The summed E-state index contributed by atoms with van der Waals surface area (Å²) >= 11 is 5.96. The predicted molar refractivity (Wildman–Crippen MR) is 70.5 cm³/mol. The van der Waals surface area contributed by atoms with Gasteiger partial charge >= 0.3 is 0 Å². The van der Waals surface area contributed by atoms with Gasteiger partial charge in [-0.25, -0.2) is 0 Å². The Morgan fingerprint density at radius 1 is 1.29 bits per heavy atom. The molecule has 0 radical (unpaired) electrons. The van der Waals surface area contributed by atoms with E-state index in [0.717, 1.165) is 36.2 Å². The molecule has 0 unspecified atom stereocenters. The van der Waals surface area contributed by atoms with Crippen LogP contribution in [-0.2, 0) is 0 Å². The van der Waals surface area contributed by atoms with E-state index in [1.54, 1.807) is 0 Å². The van der Waals surface area contributed by atoms with Gasteiger partial charge in [0.15, 0.2) is 0 Å². The maximum atomic E-state index is 9.32. The molecule has 0 saturated carbocycles. The molecule has 1 heterocycles. The minimum absolute atomic E-state index is 0.671. The Morgan fingerprint density at radius 2 is 2.18 bits per heavy atom. The van der Waals surface area contributed by atoms with Gasteiger partial charge in [-0.05, 0) is 37.0 Å². The van der Waals surface area contributed by atoms with Crippen LogP contribution in [0.4, 0.5) is 0 Å². The highest BCUT2D eigenvalue weighted by atomic mass is 35.5. The third-order valence-electron chi connectivity index (χ3n) is 2.97. The molecule has 88 valence electrons. The summed E-state index contributed by atoms with van der Waals surface area (Å²) in [7, 11) is 0. The number of rotatable bonds is 1. The van der Waals surface area contributed by atoms with Crippen molar-refractivity contribution in [3.63, 3.8) is 0 Å². The van der Waals surface area contributed by atoms with Crippen LogP contribution < -0.4 is 5.32 Å². The Bertz CT molecular complexity index is 461. The van der Waals surface area contributed by atoms with Crippen molar-refractivity contribution in [1.29, 1.82) is 5.26 Å². The zero-order valence-electron chi connectivity index (χ0n) is 9.67. The average molecular weight is 247 g/mol. The molecule has 2 rings (SSSR count). The minimum Gasteiger partial charge on any atom is -0.387 e. The maximum Gasteiger partial charge on any atom is 0.102 e. The first-order valence-corrected chi connectivity index (χ1v) is 6.32. The van der Waals surface area contributed by atoms with Crippen LogP contribution in [0, 0.1) is 11.3 Å². The highest BCUT2D eigenvalue weighted by Gasteiger charge is 2.11. The number of nitrogens with zero attached hydrogens (tertiary/aromatic N) is 1. The molecule has 0 atom stereocenters. The van der Waals surface area contributed by atoms with Crippen molar-refractivity contribution in [2.45, 2.75) is 25.7 Å². The molecule has 3 heteroatoms. The van der Waals surface area contributed by atoms with E-state index in [1.807, 2.05) is 24.3 Å². The van der Waals surface area contributed by atoms with E-state index in [1.165, 1.54) is 12.8 Å². The fraction of sp³-hybridized carbons (Fsp3) is 0.357. The fourth-order valence-electron chi connectivity index (χ4n) is 2.09. The number of halogens is 1. The zero-order chi connectivity index (χ0) is 12.1. The minimum atomic E-state index is 0.671. The average Bonchev–Trinajstić information content (AvgIpc) is 2.59. The van der Waals surface area contributed by atoms with Crippen LogP contribution in [0.2, 0.25) is 5.02 Å². The third kappa shape index (κ3) is 3.01. The molecule has 1 fully saturated rings. The van der Waals surface area contributed by atoms with E-state index < -0.39 is 0 Å². The molecule has 1 aliphatic heterocycles. The summed E-state index contributed by atoms with van der Waals surface area (Å²) in [6.45, 7) is 0.959. The first kappa shape index (κ1) is 12.0. The number of hydrogen-bond donors (Lipinski definition) is 1. The molecule has 1 aromatic rings. The van der Waals surface area contributed by atoms with Gasteiger partial charge in [-0.15, -0.1) is 0 Å². The summed E-state index contributed by atoms with van der Waals surface area (Å²) < 4.78 is 0. The Hall–Kier alpha value is -1.46. The van der Waals surface area contributed by atoms with Crippen molar-refractivity contribution < 1.29 is 0 Å². The predicted octanol–water partition coefficient (Wildman–Crippen LogP) is 3.74. The maximum absolute atomic E-state index is 9.32. The van der Waals surface area contributed by atoms with Crippen LogP contribution in [0.1, 0.15) is 31.2 Å². The lowest BCUT2D eigenvalue weighted by Gasteiger charge is -2.10. The molecular formula is C14H15ClN2. The lowest BCUT2D eigenvalue weighted by atomic mass is 10.0. The van der Waals surface area contributed by atoms with Gasteiger partial charge in [0.2, 0.25) is 0 Å². The smallest absolute Gasteiger partial charge is 0.102 e. The number of hydrogen-bond acceptors (Lipinski definition) is 2. The highest BCUT2D eigenvalue weighted by molar-refractivity contribution is 6.30. The Balaban J connectivity index is 2.38. The molecule has 0 spiro atoms. The summed E-state index contributed by atoms with van der Waals surface area (Å²) in [6.07, 6.45) is 4.51. The van der Waals surface area contributed by atoms with Crippen LogP contribution in [0.3, 0.4) is 0 Å². The summed E-state index contributed by atoms with van der Waals surface area (Å²) in [4.78, 5) is 0. The van der Waals surface area contributed by atoms with Gasteiger partial charge < -0.3 is 5.32 Å². The van der Waals surface area contributed by atoms with Gasteiger partial charge in [0.25, 0.3) is 0 Å². The highest BCUT2D eigenvalue weighted by Crippen LogP contribution is 2.24.